The van der Waals surface area contributed by atoms with Gasteiger partial charge in [0.2, 0.25) is 0 Å². The van der Waals surface area contributed by atoms with E-state index in [4.69, 9.17) is 5.11 Å². The number of hydrogen-bond donors (Lipinski definition) is 2. The van der Waals surface area contributed by atoms with Crippen molar-refractivity contribution >= 4 is 0 Å². The van der Waals surface area contributed by atoms with Crippen LogP contribution in [0, 0.1) is 11.6 Å². The van der Waals surface area contributed by atoms with E-state index in [1.165, 1.54) is 25.7 Å². The number of likely N-dealkylation sites (tertiary alicyclic amines) is 1. The number of nitrogens with zero attached hydrogens (tertiary/aromatic N) is 1. The van der Waals surface area contributed by atoms with Gasteiger partial charge in [-0.15, -0.1) is 0 Å². The van der Waals surface area contributed by atoms with Gasteiger partial charge in [-0.1, -0.05) is 12.8 Å². The number of benzene rings is 1. The van der Waals surface area contributed by atoms with Crippen LogP contribution < -0.4 is 5.32 Å². The van der Waals surface area contributed by atoms with E-state index in [-0.39, 0.29) is 0 Å². The van der Waals surface area contributed by atoms with Crippen LogP contribution in [0.5, 0.6) is 5.75 Å². The predicted octanol–water partition coefficient (Wildman–Crippen LogP) is 2.64. The number of phenols is 1. The van der Waals surface area contributed by atoms with Crippen molar-refractivity contribution in [3.8, 4) is 5.75 Å². The van der Waals surface area contributed by atoms with Gasteiger partial charge in [0.05, 0.1) is 0 Å². The molecule has 1 saturated heterocycles. The van der Waals surface area contributed by atoms with Crippen molar-refractivity contribution < 1.29 is 13.9 Å². The monoisotopic (exact) mass is 284 g/mol. The zero-order chi connectivity index (χ0) is 14.4. The lowest BCUT2D eigenvalue weighted by molar-refractivity contribution is 0.284. The van der Waals surface area contributed by atoms with Crippen molar-refractivity contribution in [3.63, 3.8) is 0 Å². The fourth-order valence-corrected chi connectivity index (χ4v) is 2.55. The third-order valence-corrected chi connectivity index (χ3v) is 3.71. The Hall–Kier alpha value is -1.20. The van der Waals surface area contributed by atoms with E-state index >= 15 is 0 Å². The van der Waals surface area contributed by atoms with Gasteiger partial charge in [-0.25, -0.2) is 8.78 Å². The van der Waals surface area contributed by atoms with Crippen LogP contribution in [0.25, 0.3) is 0 Å². The molecule has 0 aliphatic carbocycles. The summed E-state index contributed by atoms with van der Waals surface area (Å²) >= 11 is 0. The first-order chi connectivity index (χ1) is 9.66. The fraction of sp³-hybridized carbons (Fsp3) is 0.600. The Bertz CT molecular complexity index is 409. The minimum absolute atomic E-state index is 0.405. The van der Waals surface area contributed by atoms with Crippen molar-refractivity contribution in [2.24, 2.45) is 0 Å². The molecule has 112 valence electrons. The Kier molecular flexibility index (Phi) is 5.73. The molecule has 0 radical (unpaired) electrons. The van der Waals surface area contributed by atoms with Gasteiger partial charge in [-0.05, 0) is 43.6 Å². The van der Waals surface area contributed by atoms with E-state index < -0.39 is 17.4 Å². The standard InChI is InChI=1S/C15H22F2N2O/c16-13-9-12(10-14(17)15(13)20)11-18-5-8-19-6-3-1-2-4-7-19/h9-10,18,20H,1-8,11H2. The summed E-state index contributed by atoms with van der Waals surface area (Å²) in [6, 6.07) is 2.33. The second-order valence-electron chi connectivity index (χ2n) is 5.34. The molecule has 1 aliphatic rings. The van der Waals surface area contributed by atoms with Gasteiger partial charge < -0.3 is 15.3 Å². The van der Waals surface area contributed by atoms with Gasteiger partial charge in [-0.2, -0.15) is 0 Å². The molecule has 3 nitrogen and oxygen atoms in total. The van der Waals surface area contributed by atoms with Crippen molar-refractivity contribution in [2.75, 3.05) is 26.2 Å². The van der Waals surface area contributed by atoms with Crippen LogP contribution in [0.1, 0.15) is 31.2 Å². The molecule has 0 spiro atoms. The normalized spacial score (nSPS) is 17.1. The molecule has 1 aliphatic heterocycles. The summed E-state index contributed by atoms with van der Waals surface area (Å²) in [4.78, 5) is 2.43. The maximum atomic E-state index is 13.2. The van der Waals surface area contributed by atoms with E-state index in [1.807, 2.05) is 0 Å². The summed E-state index contributed by atoms with van der Waals surface area (Å²) in [5.74, 6) is -2.72. The van der Waals surface area contributed by atoms with Crippen LogP contribution in [-0.4, -0.2) is 36.2 Å². The minimum atomic E-state index is -0.908. The van der Waals surface area contributed by atoms with Crippen LogP contribution in [0.3, 0.4) is 0 Å². The number of hydrogen-bond acceptors (Lipinski definition) is 3. The molecule has 5 heteroatoms. The molecular formula is C15H22F2N2O. The molecule has 1 fully saturated rings. The van der Waals surface area contributed by atoms with Crippen LogP contribution in [-0.2, 0) is 6.54 Å². The van der Waals surface area contributed by atoms with E-state index in [2.05, 4.69) is 10.2 Å². The summed E-state index contributed by atoms with van der Waals surface area (Å²) < 4.78 is 26.3. The van der Waals surface area contributed by atoms with Gasteiger partial charge in [0, 0.05) is 19.6 Å². The smallest absolute Gasteiger partial charge is 0.187 e. The van der Waals surface area contributed by atoms with Crippen LogP contribution in [0.4, 0.5) is 8.78 Å². The second kappa shape index (κ2) is 7.55. The maximum Gasteiger partial charge on any atom is 0.187 e. The Labute approximate surface area is 118 Å². The van der Waals surface area contributed by atoms with E-state index in [0.717, 1.165) is 38.3 Å². The highest BCUT2D eigenvalue weighted by molar-refractivity contribution is 5.29. The third-order valence-electron chi connectivity index (χ3n) is 3.71. The molecule has 0 amide bonds. The summed E-state index contributed by atoms with van der Waals surface area (Å²) in [5, 5.41) is 12.2. The van der Waals surface area contributed by atoms with Gasteiger partial charge in [0.25, 0.3) is 0 Å². The van der Waals surface area contributed by atoms with Gasteiger partial charge in [-0.3, -0.25) is 0 Å². The number of halogens is 2. The largest absolute Gasteiger partial charge is 0.503 e. The average molecular weight is 284 g/mol. The summed E-state index contributed by atoms with van der Waals surface area (Å²) in [5.41, 5.74) is 0.508. The van der Waals surface area contributed by atoms with Crippen LogP contribution in [0.15, 0.2) is 12.1 Å². The lowest BCUT2D eigenvalue weighted by atomic mass is 10.2. The third kappa shape index (κ3) is 4.42. The first kappa shape index (κ1) is 15.2. The first-order valence-electron chi connectivity index (χ1n) is 7.27. The highest BCUT2D eigenvalue weighted by Crippen LogP contribution is 2.21. The molecular weight excluding hydrogens is 262 g/mol. The van der Waals surface area contributed by atoms with Crippen LogP contribution in [0.2, 0.25) is 0 Å². The summed E-state index contributed by atoms with van der Waals surface area (Å²) in [7, 11) is 0. The zero-order valence-electron chi connectivity index (χ0n) is 11.7. The fourth-order valence-electron chi connectivity index (χ4n) is 2.55. The molecule has 1 aromatic rings. The number of aromatic hydroxyl groups is 1. The molecule has 0 bridgehead atoms. The minimum Gasteiger partial charge on any atom is -0.503 e. The molecule has 0 unspecified atom stereocenters. The van der Waals surface area contributed by atoms with Crippen molar-refractivity contribution in [1.82, 2.24) is 10.2 Å². The number of rotatable bonds is 5. The lowest BCUT2D eigenvalue weighted by Crippen LogP contribution is -2.32. The molecule has 0 aromatic heterocycles. The van der Waals surface area contributed by atoms with Crippen molar-refractivity contribution in [2.45, 2.75) is 32.2 Å². The zero-order valence-corrected chi connectivity index (χ0v) is 11.7. The molecule has 20 heavy (non-hydrogen) atoms. The Morgan fingerprint density at radius 2 is 1.65 bits per heavy atom. The molecule has 2 N–H and O–H groups in total. The van der Waals surface area contributed by atoms with Gasteiger partial charge in [0.15, 0.2) is 17.4 Å². The highest BCUT2D eigenvalue weighted by Gasteiger charge is 2.10. The molecule has 2 rings (SSSR count). The van der Waals surface area contributed by atoms with E-state index in [1.54, 1.807) is 0 Å². The van der Waals surface area contributed by atoms with Gasteiger partial charge in [0.1, 0.15) is 0 Å². The van der Waals surface area contributed by atoms with Gasteiger partial charge >= 0.3 is 0 Å². The summed E-state index contributed by atoms with van der Waals surface area (Å²) in [6.07, 6.45) is 5.15. The van der Waals surface area contributed by atoms with E-state index in [0.29, 0.717) is 12.1 Å². The van der Waals surface area contributed by atoms with Crippen LogP contribution >= 0.6 is 0 Å². The Morgan fingerprint density at radius 3 is 2.25 bits per heavy atom. The predicted molar refractivity (Wildman–Crippen MR) is 74.6 cm³/mol. The number of phenolic OH excluding ortho intramolecular Hbond substituents is 1. The first-order valence-corrected chi connectivity index (χ1v) is 7.27. The maximum absolute atomic E-state index is 13.2. The SMILES string of the molecule is Oc1c(F)cc(CNCCN2CCCCCC2)cc1F. The second-order valence-corrected chi connectivity index (χ2v) is 5.34. The molecule has 1 heterocycles. The van der Waals surface area contributed by atoms with Crippen molar-refractivity contribution in [1.29, 1.82) is 0 Å². The average Bonchev–Trinajstić information content (AvgIpc) is 2.69. The quantitative estimate of drug-likeness (QED) is 0.816. The van der Waals surface area contributed by atoms with E-state index in [9.17, 15) is 8.78 Å². The number of nitrogens with one attached hydrogen (secondary N) is 1. The topological polar surface area (TPSA) is 35.5 Å². The molecule has 0 saturated carbocycles. The highest BCUT2D eigenvalue weighted by atomic mass is 19.1. The van der Waals surface area contributed by atoms with Crippen molar-refractivity contribution in [3.05, 3.63) is 29.3 Å². The summed E-state index contributed by atoms with van der Waals surface area (Å²) in [6.45, 7) is 4.45. The lowest BCUT2D eigenvalue weighted by Gasteiger charge is -2.19. The molecule has 1 aromatic carbocycles. The molecule has 0 atom stereocenters. The Morgan fingerprint density at radius 1 is 1.05 bits per heavy atom. The Balaban J connectivity index is 1.73.